The zero-order valence-corrected chi connectivity index (χ0v) is 10.1. The predicted octanol–water partition coefficient (Wildman–Crippen LogP) is 2.72. The second-order valence-corrected chi connectivity index (χ2v) is 4.13. The van der Waals surface area contributed by atoms with Gasteiger partial charge < -0.3 is 10.3 Å². The fourth-order valence-corrected chi connectivity index (χ4v) is 1.79. The summed E-state index contributed by atoms with van der Waals surface area (Å²) < 4.78 is 2.01. The van der Waals surface area contributed by atoms with Gasteiger partial charge in [0, 0.05) is 30.7 Å². The maximum Gasteiger partial charge on any atom is 0.200 e. The highest BCUT2D eigenvalue weighted by Gasteiger charge is 2.06. The van der Waals surface area contributed by atoms with Crippen molar-refractivity contribution >= 4 is 5.95 Å². The Morgan fingerprint density at radius 2 is 2.24 bits per heavy atom. The summed E-state index contributed by atoms with van der Waals surface area (Å²) in [5.41, 5.74) is 7.80. The normalized spacial score (nSPS) is 10.6. The van der Waals surface area contributed by atoms with Crippen molar-refractivity contribution in [2.24, 2.45) is 0 Å². The number of hydrogen-bond acceptors (Lipinski definition) is 3. The van der Waals surface area contributed by atoms with E-state index in [4.69, 9.17) is 5.73 Å². The number of nitrogens with zero attached hydrogens (tertiary/aromatic N) is 3. The van der Waals surface area contributed by atoms with Gasteiger partial charge in [0.05, 0.1) is 5.69 Å². The molecule has 0 radical (unpaired) electrons. The Kier molecular flexibility index (Phi) is 3.75. The summed E-state index contributed by atoms with van der Waals surface area (Å²) in [7, 11) is 0. The van der Waals surface area contributed by atoms with Crippen molar-refractivity contribution in [1.29, 1.82) is 0 Å². The summed E-state index contributed by atoms with van der Waals surface area (Å²) in [6.45, 7) is 3.13. The quantitative estimate of drug-likeness (QED) is 0.803. The Morgan fingerprint density at radius 3 is 2.94 bits per heavy atom. The van der Waals surface area contributed by atoms with E-state index in [0.717, 1.165) is 24.2 Å². The fraction of sp³-hybridized carbons (Fsp3) is 0.385. The van der Waals surface area contributed by atoms with Gasteiger partial charge in [0.2, 0.25) is 5.95 Å². The lowest BCUT2D eigenvalue weighted by Gasteiger charge is -2.02. The molecule has 2 aromatic rings. The number of imidazole rings is 1. The van der Waals surface area contributed by atoms with Crippen molar-refractivity contribution in [2.45, 2.75) is 32.7 Å². The summed E-state index contributed by atoms with van der Waals surface area (Å²) in [6.07, 6.45) is 9.14. The SMILES string of the molecule is CCCCCn1cc(-c2cccnc2)nc1N. The molecule has 17 heavy (non-hydrogen) atoms. The fourth-order valence-electron chi connectivity index (χ4n) is 1.79. The van der Waals surface area contributed by atoms with Crippen LogP contribution in [-0.4, -0.2) is 14.5 Å². The molecule has 0 bridgehead atoms. The third-order valence-electron chi connectivity index (χ3n) is 2.77. The molecular weight excluding hydrogens is 212 g/mol. The van der Waals surface area contributed by atoms with Crippen LogP contribution in [0.4, 0.5) is 5.95 Å². The number of aromatic nitrogens is 3. The van der Waals surface area contributed by atoms with Crippen LogP contribution in [0.15, 0.2) is 30.7 Å². The molecule has 0 spiro atoms. The Hall–Kier alpha value is -1.84. The van der Waals surface area contributed by atoms with Gasteiger partial charge in [-0.2, -0.15) is 0 Å². The van der Waals surface area contributed by atoms with Gasteiger partial charge in [-0.25, -0.2) is 4.98 Å². The van der Waals surface area contributed by atoms with E-state index in [1.807, 2.05) is 22.9 Å². The maximum absolute atomic E-state index is 5.89. The molecule has 0 aliphatic heterocycles. The lowest BCUT2D eigenvalue weighted by Crippen LogP contribution is -2.02. The number of rotatable bonds is 5. The summed E-state index contributed by atoms with van der Waals surface area (Å²) in [5, 5.41) is 0. The summed E-state index contributed by atoms with van der Waals surface area (Å²) in [6, 6.07) is 3.90. The Balaban J connectivity index is 2.13. The first-order valence-electron chi connectivity index (χ1n) is 6.04. The first-order chi connectivity index (χ1) is 8.31. The first-order valence-corrected chi connectivity index (χ1v) is 6.04. The van der Waals surface area contributed by atoms with E-state index in [2.05, 4.69) is 16.9 Å². The van der Waals surface area contributed by atoms with E-state index in [1.54, 1.807) is 12.4 Å². The van der Waals surface area contributed by atoms with Crippen molar-refractivity contribution in [3.05, 3.63) is 30.7 Å². The number of nitrogens with two attached hydrogens (primary N) is 1. The highest BCUT2D eigenvalue weighted by atomic mass is 15.1. The minimum Gasteiger partial charge on any atom is -0.369 e. The van der Waals surface area contributed by atoms with Crippen LogP contribution in [0.5, 0.6) is 0 Å². The first kappa shape index (κ1) is 11.6. The molecule has 4 heteroatoms. The van der Waals surface area contributed by atoms with E-state index in [-0.39, 0.29) is 0 Å². The number of pyridine rings is 1. The molecule has 0 saturated carbocycles. The molecule has 0 aromatic carbocycles. The molecule has 0 fully saturated rings. The lowest BCUT2D eigenvalue weighted by molar-refractivity contribution is 0.608. The molecule has 2 rings (SSSR count). The van der Waals surface area contributed by atoms with Crippen LogP contribution >= 0.6 is 0 Å². The van der Waals surface area contributed by atoms with Gasteiger partial charge >= 0.3 is 0 Å². The van der Waals surface area contributed by atoms with Gasteiger partial charge in [-0.3, -0.25) is 4.98 Å². The van der Waals surface area contributed by atoms with E-state index in [1.165, 1.54) is 12.8 Å². The minimum absolute atomic E-state index is 0.583. The third-order valence-corrected chi connectivity index (χ3v) is 2.77. The molecule has 0 aliphatic carbocycles. The lowest BCUT2D eigenvalue weighted by atomic mass is 10.2. The van der Waals surface area contributed by atoms with Crippen molar-refractivity contribution < 1.29 is 0 Å². The molecule has 2 aromatic heterocycles. The molecular formula is C13H18N4. The molecule has 0 atom stereocenters. The van der Waals surface area contributed by atoms with Crippen LogP contribution in [0.25, 0.3) is 11.3 Å². The van der Waals surface area contributed by atoms with Gasteiger partial charge in [0.1, 0.15) is 0 Å². The second kappa shape index (κ2) is 5.48. The molecule has 2 heterocycles. The summed E-state index contributed by atoms with van der Waals surface area (Å²) in [4.78, 5) is 8.45. The van der Waals surface area contributed by atoms with Crippen LogP contribution in [0.2, 0.25) is 0 Å². The van der Waals surface area contributed by atoms with Crippen LogP contribution in [0, 0.1) is 0 Å². The average Bonchev–Trinajstić information content (AvgIpc) is 2.73. The number of hydrogen-bond donors (Lipinski definition) is 1. The van der Waals surface area contributed by atoms with Gasteiger partial charge in [0.15, 0.2) is 0 Å². The molecule has 2 N–H and O–H groups in total. The second-order valence-electron chi connectivity index (χ2n) is 4.13. The molecule has 0 amide bonds. The van der Waals surface area contributed by atoms with Crippen molar-refractivity contribution in [3.8, 4) is 11.3 Å². The molecule has 0 saturated heterocycles. The van der Waals surface area contributed by atoms with Gasteiger partial charge in [0.25, 0.3) is 0 Å². The number of unbranched alkanes of at least 4 members (excludes halogenated alkanes) is 2. The van der Waals surface area contributed by atoms with E-state index in [0.29, 0.717) is 5.95 Å². The summed E-state index contributed by atoms with van der Waals surface area (Å²) >= 11 is 0. The van der Waals surface area contributed by atoms with E-state index in [9.17, 15) is 0 Å². The summed E-state index contributed by atoms with van der Waals surface area (Å²) in [5.74, 6) is 0.583. The van der Waals surface area contributed by atoms with Crippen LogP contribution < -0.4 is 5.73 Å². The van der Waals surface area contributed by atoms with Gasteiger partial charge in [-0.05, 0) is 18.6 Å². The van der Waals surface area contributed by atoms with Crippen molar-refractivity contribution in [3.63, 3.8) is 0 Å². The molecule has 0 unspecified atom stereocenters. The standard InChI is InChI=1S/C13H18N4/c1-2-3-4-8-17-10-12(16-13(17)14)11-6-5-7-15-9-11/h5-7,9-10H,2-4,8H2,1H3,(H2,14,16). The number of anilines is 1. The monoisotopic (exact) mass is 230 g/mol. The number of nitrogen functional groups attached to an aromatic ring is 1. The van der Waals surface area contributed by atoms with Gasteiger partial charge in [-0.15, -0.1) is 0 Å². The maximum atomic E-state index is 5.89. The third kappa shape index (κ3) is 2.84. The van der Waals surface area contributed by atoms with Crippen LogP contribution in [0.1, 0.15) is 26.2 Å². The largest absolute Gasteiger partial charge is 0.369 e. The van der Waals surface area contributed by atoms with Crippen LogP contribution in [-0.2, 0) is 6.54 Å². The predicted molar refractivity (Wildman–Crippen MR) is 69.4 cm³/mol. The zero-order chi connectivity index (χ0) is 12.1. The van der Waals surface area contributed by atoms with Crippen molar-refractivity contribution in [2.75, 3.05) is 5.73 Å². The Labute approximate surface area is 102 Å². The number of aryl methyl sites for hydroxylation is 1. The molecule has 4 nitrogen and oxygen atoms in total. The topological polar surface area (TPSA) is 56.7 Å². The molecule has 0 aliphatic rings. The molecule has 90 valence electrons. The highest BCUT2D eigenvalue weighted by molar-refractivity contribution is 5.58. The highest BCUT2D eigenvalue weighted by Crippen LogP contribution is 2.18. The van der Waals surface area contributed by atoms with E-state index < -0.39 is 0 Å². The average molecular weight is 230 g/mol. The minimum atomic E-state index is 0.583. The Bertz CT molecular complexity index is 462. The van der Waals surface area contributed by atoms with Crippen molar-refractivity contribution in [1.82, 2.24) is 14.5 Å². The smallest absolute Gasteiger partial charge is 0.200 e. The Morgan fingerprint density at radius 1 is 1.35 bits per heavy atom. The van der Waals surface area contributed by atoms with Crippen LogP contribution in [0.3, 0.4) is 0 Å². The van der Waals surface area contributed by atoms with Gasteiger partial charge in [-0.1, -0.05) is 19.8 Å². The zero-order valence-electron chi connectivity index (χ0n) is 10.1. The van der Waals surface area contributed by atoms with E-state index >= 15 is 0 Å².